The molecule has 0 aliphatic heterocycles. The Morgan fingerprint density at radius 2 is 1.88 bits per heavy atom. The number of nitrogens with zero attached hydrogens (tertiary/aromatic N) is 2. The predicted molar refractivity (Wildman–Crippen MR) is 83.4 cm³/mol. The Morgan fingerprint density at radius 3 is 2.50 bits per heavy atom. The van der Waals surface area contributed by atoms with E-state index in [1.54, 1.807) is 0 Å². The molecule has 0 amide bonds. The highest BCUT2D eigenvalue weighted by Gasteiger charge is 2.35. The van der Waals surface area contributed by atoms with Crippen molar-refractivity contribution in [2.45, 2.75) is 20.0 Å². The highest BCUT2D eigenvalue weighted by atomic mass is 19.4. The molecule has 0 aliphatic carbocycles. The Kier molecular flexibility index (Phi) is 5.53. The van der Waals surface area contributed by atoms with E-state index in [0.717, 1.165) is 16.8 Å². The van der Waals surface area contributed by atoms with Crippen LogP contribution < -0.4 is 15.0 Å². The van der Waals surface area contributed by atoms with Gasteiger partial charge < -0.3 is 14.2 Å². The van der Waals surface area contributed by atoms with Gasteiger partial charge >= 0.3 is 17.9 Å². The van der Waals surface area contributed by atoms with Crippen LogP contribution in [0.15, 0.2) is 29.1 Å². The zero-order valence-corrected chi connectivity index (χ0v) is 14.1. The van der Waals surface area contributed by atoms with Crippen LogP contribution in [0, 0.1) is 6.92 Å². The van der Waals surface area contributed by atoms with E-state index in [1.807, 2.05) is 0 Å². The lowest BCUT2D eigenvalue weighted by Gasteiger charge is -2.16. The standard InChI is InChI=1S/C16H15F3N2O5/c1-4-24-15(23)26-12-9(2)20-21(3)14(22)13(12)25-11-8-6-5-7-10(11)16(17,18)19/h5-8H,4H2,1-3H3. The average Bonchev–Trinajstić information content (AvgIpc) is 2.55. The van der Waals surface area contributed by atoms with Gasteiger partial charge in [0, 0.05) is 7.05 Å². The van der Waals surface area contributed by atoms with Crippen LogP contribution in [-0.4, -0.2) is 22.5 Å². The number of aryl methyl sites for hydroxylation is 2. The van der Waals surface area contributed by atoms with Gasteiger partial charge in [0.25, 0.3) is 0 Å². The smallest absolute Gasteiger partial charge is 0.447 e. The third-order valence-electron chi connectivity index (χ3n) is 3.18. The van der Waals surface area contributed by atoms with Gasteiger partial charge in [-0.25, -0.2) is 9.48 Å². The summed E-state index contributed by atoms with van der Waals surface area (Å²) in [6.07, 6.45) is -5.84. The van der Waals surface area contributed by atoms with Gasteiger partial charge in [0.05, 0.1) is 12.2 Å². The van der Waals surface area contributed by atoms with Crippen molar-refractivity contribution in [1.29, 1.82) is 0 Å². The molecule has 0 saturated carbocycles. The monoisotopic (exact) mass is 372 g/mol. The Morgan fingerprint density at radius 1 is 1.23 bits per heavy atom. The number of benzene rings is 1. The molecule has 0 saturated heterocycles. The van der Waals surface area contributed by atoms with Crippen molar-refractivity contribution >= 4 is 6.16 Å². The van der Waals surface area contributed by atoms with Gasteiger partial charge in [-0.15, -0.1) is 0 Å². The first-order chi connectivity index (χ1) is 12.1. The van der Waals surface area contributed by atoms with Gasteiger partial charge in [0.1, 0.15) is 11.4 Å². The SMILES string of the molecule is CCOC(=O)Oc1c(C)nn(C)c(=O)c1Oc1ccccc1C(F)(F)F. The summed E-state index contributed by atoms with van der Waals surface area (Å²) in [6.45, 7) is 2.94. The van der Waals surface area contributed by atoms with Crippen LogP contribution in [-0.2, 0) is 18.0 Å². The molecular formula is C16H15F3N2O5. The number of carbonyl (C=O) groups is 1. The van der Waals surface area contributed by atoms with Crippen LogP contribution in [0.2, 0.25) is 0 Å². The lowest BCUT2D eigenvalue weighted by atomic mass is 10.2. The zero-order valence-electron chi connectivity index (χ0n) is 14.1. The minimum absolute atomic E-state index is 0.00322. The Hall–Kier alpha value is -3.04. The van der Waals surface area contributed by atoms with E-state index >= 15 is 0 Å². The summed E-state index contributed by atoms with van der Waals surface area (Å²) in [6, 6.07) is 4.35. The van der Waals surface area contributed by atoms with Gasteiger partial charge in [-0.05, 0) is 26.0 Å². The summed E-state index contributed by atoms with van der Waals surface area (Å²) in [7, 11) is 1.28. The van der Waals surface area contributed by atoms with Crippen molar-refractivity contribution in [3.8, 4) is 17.2 Å². The van der Waals surface area contributed by atoms with Crippen molar-refractivity contribution in [2.75, 3.05) is 6.61 Å². The molecule has 140 valence electrons. The Balaban J connectivity index is 2.56. The molecule has 0 radical (unpaired) electrons. The topological polar surface area (TPSA) is 79.7 Å². The molecule has 0 N–H and O–H groups in total. The molecule has 0 bridgehead atoms. The van der Waals surface area contributed by atoms with E-state index in [-0.39, 0.29) is 12.3 Å². The van der Waals surface area contributed by atoms with Crippen molar-refractivity contribution < 1.29 is 32.2 Å². The third-order valence-corrected chi connectivity index (χ3v) is 3.18. The number of para-hydroxylation sites is 1. The van der Waals surface area contributed by atoms with Crippen LogP contribution in [0.1, 0.15) is 18.2 Å². The first-order valence-corrected chi connectivity index (χ1v) is 7.41. The van der Waals surface area contributed by atoms with E-state index in [4.69, 9.17) is 9.47 Å². The first kappa shape index (κ1) is 19.3. The van der Waals surface area contributed by atoms with Gasteiger partial charge in [-0.2, -0.15) is 18.3 Å². The van der Waals surface area contributed by atoms with Crippen LogP contribution in [0.4, 0.5) is 18.0 Å². The maximum atomic E-state index is 13.1. The van der Waals surface area contributed by atoms with Crippen LogP contribution in [0.25, 0.3) is 0 Å². The summed E-state index contributed by atoms with van der Waals surface area (Å²) >= 11 is 0. The molecule has 1 aromatic heterocycles. The summed E-state index contributed by atoms with van der Waals surface area (Å²) in [5, 5.41) is 3.83. The second-order valence-corrected chi connectivity index (χ2v) is 5.05. The molecule has 10 heteroatoms. The predicted octanol–water partition coefficient (Wildman–Crippen LogP) is 3.44. The fraction of sp³-hybridized carbons (Fsp3) is 0.312. The Bertz CT molecular complexity index is 877. The van der Waals surface area contributed by atoms with E-state index < -0.39 is 40.7 Å². The second-order valence-electron chi connectivity index (χ2n) is 5.05. The van der Waals surface area contributed by atoms with Crippen molar-refractivity contribution in [1.82, 2.24) is 9.78 Å². The summed E-state index contributed by atoms with van der Waals surface area (Å²) < 4.78 is 55.0. The fourth-order valence-electron chi connectivity index (χ4n) is 2.06. The Labute approximate surface area is 145 Å². The zero-order chi connectivity index (χ0) is 19.5. The van der Waals surface area contributed by atoms with E-state index in [0.29, 0.717) is 0 Å². The van der Waals surface area contributed by atoms with E-state index in [1.165, 1.54) is 33.0 Å². The molecule has 7 nitrogen and oxygen atoms in total. The molecule has 0 unspecified atom stereocenters. The quantitative estimate of drug-likeness (QED) is 0.765. The van der Waals surface area contributed by atoms with Gasteiger partial charge in [0.2, 0.25) is 11.5 Å². The number of ether oxygens (including phenoxy) is 3. The highest BCUT2D eigenvalue weighted by Crippen LogP contribution is 2.39. The summed E-state index contributed by atoms with van der Waals surface area (Å²) in [4.78, 5) is 23.9. The second kappa shape index (κ2) is 7.46. The molecule has 0 spiro atoms. The fourth-order valence-corrected chi connectivity index (χ4v) is 2.06. The van der Waals surface area contributed by atoms with Gasteiger partial charge in [-0.3, -0.25) is 4.79 Å². The minimum atomic E-state index is -4.70. The third kappa shape index (κ3) is 4.13. The number of hydrogen-bond acceptors (Lipinski definition) is 6. The number of hydrogen-bond donors (Lipinski definition) is 0. The van der Waals surface area contributed by atoms with Crippen molar-refractivity contribution in [3.05, 3.63) is 45.9 Å². The van der Waals surface area contributed by atoms with E-state index in [2.05, 4.69) is 9.84 Å². The minimum Gasteiger partial charge on any atom is -0.447 e. The largest absolute Gasteiger partial charge is 0.514 e. The molecular weight excluding hydrogens is 357 g/mol. The van der Waals surface area contributed by atoms with Gasteiger partial charge in [-0.1, -0.05) is 12.1 Å². The highest BCUT2D eigenvalue weighted by molar-refractivity contribution is 5.66. The maximum absolute atomic E-state index is 13.1. The average molecular weight is 372 g/mol. The normalized spacial score (nSPS) is 11.2. The number of alkyl halides is 3. The summed E-state index contributed by atoms with van der Waals surface area (Å²) in [5.41, 5.74) is -1.91. The molecule has 1 aromatic carbocycles. The van der Waals surface area contributed by atoms with Crippen molar-refractivity contribution in [2.24, 2.45) is 7.05 Å². The number of carbonyl (C=O) groups excluding carboxylic acids is 1. The van der Waals surface area contributed by atoms with Gasteiger partial charge in [0.15, 0.2) is 0 Å². The number of halogens is 3. The van der Waals surface area contributed by atoms with Crippen LogP contribution in [0.5, 0.6) is 17.2 Å². The van der Waals surface area contributed by atoms with E-state index in [9.17, 15) is 22.8 Å². The molecule has 2 aromatic rings. The van der Waals surface area contributed by atoms with Crippen LogP contribution >= 0.6 is 0 Å². The molecule has 26 heavy (non-hydrogen) atoms. The number of rotatable bonds is 4. The lowest BCUT2D eigenvalue weighted by Crippen LogP contribution is -2.24. The molecule has 2 rings (SSSR count). The molecule has 0 atom stereocenters. The van der Waals surface area contributed by atoms with Crippen molar-refractivity contribution in [3.63, 3.8) is 0 Å². The molecule has 0 aliphatic rings. The first-order valence-electron chi connectivity index (χ1n) is 7.41. The lowest BCUT2D eigenvalue weighted by molar-refractivity contribution is -0.138. The van der Waals surface area contributed by atoms with Crippen LogP contribution in [0.3, 0.4) is 0 Å². The molecule has 1 heterocycles. The summed E-state index contributed by atoms with van der Waals surface area (Å²) in [5.74, 6) is -1.63. The maximum Gasteiger partial charge on any atom is 0.514 e. The number of aromatic nitrogens is 2. The molecule has 0 fully saturated rings.